The first-order valence-corrected chi connectivity index (χ1v) is 8.47. The van der Waals surface area contributed by atoms with Crippen LogP contribution in [0.25, 0.3) is 0 Å². The molecule has 0 saturated carbocycles. The van der Waals surface area contributed by atoms with Crippen molar-refractivity contribution in [2.24, 2.45) is 0 Å². The molecule has 1 aromatic heterocycles. The number of ether oxygens (including phenoxy) is 1. The van der Waals surface area contributed by atoms with Gasteiger partial charge in [0.05, 0.1) is 18.7 Å². The predicted molar refractivity (Wildman–Crippen MR) is 91.2 cm³/mol. The van der Waals surface area contributed by atoms with Crippen LogP contribution in [0.2, 0.25) is 0 Å². The van der Waals surface area contributed by atoms with Crippen molar-refractivity contribution in [3.63, 3.8) is 0 Å². The van der Waals surface area contributed by atoms with Gasteiger partial charge in [0.1, 0.15) is 11.4 Å². The zero-order chi connectivity index (χ0) is 16.3. The van der Waals surface area contributed by atoms with Gasteiger partial charge in [0, 0.05) is 0 Å². The van der Waals surface area contributed by atoms with E-state index in [0.29, 0.717) is 6.42 Å². The zero-order valence-electron chi connectivity index (χ0n) is 13.0. The molecule has 6 heteroatoms. The number of amides is 2. The summed E-state index contributed by atoms with van der Waals surface area (Å²) in [6, 6.07) is 9.11. The quantitative estimate of drug-likeness (QED) is 0.806. The van der Waals surface area contributed by atoms with Crippen molar-refractivity contribution in [3.05, 3.63) is 46.8 Å². The number of anilines is 1. The lowest BCUT2D eigenvalue weighted by atomic mass is 9.79. The van der Waals surface area contributed by atoms with E-state index < -0.39 is 5.60 Å². The van der Waals surface area contributed by atoms with Gasteiger partial charge in [-0.1, -0.05) is 6.07 Å². The van der Waals surface area contributed by atoms with Crippen LogP contribution in [0.1, 0.15) is 24.0 Å². The Labute approximate surface area is 139 Å². The van der Waals surface area contributed by atoms with Gasteiger partial charge in [-0.15, -0.1) is 11.3 Å². The minimum absolute atomic E-state index is 0.184. The van der Waals surface area contributed by atoms with E-state index in [1.54, 1.807) is 7.11 Å². The molecule has 0 aliphatic heterocycles. The molecule has 0 unspecified atom stereocenters. The van der Waals surface area contributed by atoms with Gasteiger partial charge in [-0.3, -0.25) is 5.32 Å². The highest BCUT2D eigenvalue weighted by molar-refractivity contribution is 7.14. The molecule has 0 fully saturated rings. The number of hydrogen-bond acceptors (Lipinski definition) is 4. The fourth-order valence-corrected chi connectivity index (χ4v) is 3.59. The maximum Gasteiger partial charge on any atom is 0.319 e. The molecule has 3 rings (SSSR count). The van der Waals surface area contributed by atoms with E-state index in [1.807, 2.05) is 35.7 Å². The summed E-state index contributed by atoms with van der Waals surface area (Å²) in [6.45, 7) is 0.184. The molecular weight excluding hydrogens is 312 g/mol. The maximum atomic E-state index is 12.0. The fourth-order valence-electron chi connectivity index (χ4n) is 2.98. The normalized spacial score (nSPS) is 19.7. The van der Waals surface area contributed by atoms with Crippen LogP contribution in [0.15, 0.2) is 35.7 Å². The Balaban J connectivity index is 1.69. The van der Waals surface area contributed by atoms with E-state index in [1.165, 1.54) is 11.3 Å². The van der Waals surface area contributed by atoms with Crippen molar-refractivity contribution in [2.75, 3.05) is 19.0 Å². The predicted octanol–water partition coefficient (Wildman–Crippen LogP) is 3.10. The summed E-state index contributed by atoms with van der Waals surface area (Å²) in [6.07, 6.45) is 2.42. The molecule has 1 aromatic carbocycles. The molecule has 1 atom stereocenters. The van der Waals surface area contributed by atoms with Crippen molar-refractivity contribution in [1.29, 1.82) is 0 Å². The number of rotatable bonds is 4. The largest absolute Gasteiger partial charge is 0.497 e. The van der Waals surface area contributed by atoms with E-state index in [-0.39, 0.29) is 12.6 Å². The topological polar surface area (TPSA) is 70.6 Å². The molecule has 0 saturated heterocycles. The molecule has 2 amide bonds. The Bertz CT molecular complexity index is 687. The summed E-state index contributed by atoms with van der Waals surface area (Å²) >= 11 is 1.46. The molecular formula is C17H20N2O3S. The molecule has 0 bridgehead atoms. The van der Waals surface area contributed by atoms with Crippen LogP contribution in [0.5, 0.6) is 5.75 Å². The number of thiophene rings is 1. The number of aliphatic hydroxyl groups is 1. The van der Waals surface area contributed by atoms with E-state index in [2.05, 4.69) is 10.6 Å². The smallest absolute Gasteiger partial charge is 0.319 e. The van der Waals surface area contributed by atoms with Crippen LogP contribution in [0.3, 0.4) is 0 Å². The lowest BCUT2D eigenvalue weighted by Gasteiger charge is -2.34. The number of methoxy groups -OCH3 is 1. The SMILES string of the molecule is COc1ccc2c(c1)CCC[C@]2(O)CNC(=O)Nc1cccs1. The molecule has 1 aliphatic carbocycles. The minimum atomic E-state index is -1.04. The van der Waals surface area contributed by atoms with Crippen LogP contribution < -0.4 is 15.4 Å². The number of carbonyl (C=O) groups excluding carboxylic acids is 1. The highest BCUT2D eigenvalue weighted by Crippen LogP contribution is 2.36. The summed E-state index contributed by atoms with van der Waals surface area (Å²) in [5.41, 5.74) is 0.923. The highest BCUT2D eigenvalue weighted by Gasteiger charge is 2.34. The average Bonchev–Trinajstić information content (AvgIpc) is 3.06. The first kappa shape index (κ1) is 15.8. The lowest BCUT2D eigenvalue weighted by molar-refractivity contribution is 0.0220. The second-order valence-electron chi connectivity index (χ2n) is 5.69. The van der Waals surface area contributed by atoms with Gasteiger partial charge in [0.2, 0.25) is 0 Å². The number of fused-ring (bicyclic) bond motifs is 1. The van der Waals surface area contributed by atoms with Crippen molar-refractivity contribution < 1.29 is 14.6 Å². The fraction of sp³-hybridized carbons (Fsp3) is 0.353. The van der Waals surface area contributed by atoms with Crippen LogP contribution in [-0.4, -0.2) is 24.8 Å². The zero-order valence-corrected chi connectivity index (χ0v) is 13.8. The van der Waals surface area contributed by atoms with Gasteiger partial charge < -0.3 is 15.2 Å². The van der Waals surface area contributed by atoms with Crippen LogP contribution in [-0.2, 0) is 12.0 Å². The summed E-state index contributed by atoms with van der Waals surface area (Å²) in [4.78, 5) is 12.0. The Morgan fingerprint density at radius 2 is 2.30 bits per heavy atom. The van der Waals surface area contributed by atoms with Gasteiger partial charge in [0.15, 0.2) is 0 Å². The molecule has 0 spiro atoms. The van der Waals surface area contributed by atoms with Crippen LogP contribution in [0.4, 0.5) is 9.80 Å². The second-order valence-corrected chi connectivity index (χ2v) is 6.64. The van der Waals surface area contributed by atoms with Crippen molar-refractivity contribution in [1.82, 2.24) is 5.32 Å². The Morgan fingerprint density at radius 1 is 1.43 bits per heavy atom. The number of benzene rings is 1. The second kappa shape index (κ2) is 6.60. The third-order valence-electron chi connectivity index (χ3n) is 4.15. The first-order valence-electron chi connectivity index (χ1n) is 7.59. The summed E-state index contributed by atoms with van der Waals surface area (Å²) in [5, 5.41) is 19.2. The monoisotopic (exact) mass is 332 g/mol. The maximum absolute atomic E-state index is 12.0. The molecule has 122 valence electrons. The first-order chi connectivity index (χ1) is 11.1. The number of carbonyl (C=O) groups is 1. The molecule has 23 heavy (non-hydrogen) atoms. The minimum Gasteiger partial charge on any atom is -0.497 e. The Hall–Kier alpha value is -2.05. The van der Waals surface area contributed by atoms with E-state index in [9.17, 15) is 9.90 Å². The highest BCUT2D eigenvalue weighted by atomic mass is 32.1. The standard InChI is InChI=1S/C17H20N2O3S/c1-22-13-6-7-14-12(10-13)4-2-8-17(14,21)11-18-16(20)19-15-5-3-9-23-15/h3,5-7,9-10,21H,2,4,8,11H2,1H3,(H2,18,19,20)/t17-/m0/s1. The molecule has 1 heterocycles. The third kappa shape index (κ3) is 3.48. The van der Waals surface area contributed by atoms with Gasteiger partial charge in [-0.05, 0) is 60.0 Å². The van der Waals surface area contributed by atoms with E-state index in [4.69, 9.17) is 4.74 Å². The summed E-state index contributed by atoms with van der Waals surface area (Å²) in [7, 11) is 1.63. The summed E-state index contributed by atoms with van der Waals surface area (Å²) < 4.78 is 5.25. The van der Waals surface area contributed by atoms with Crippen LogP contribution >= 0.6 is 11.3 Å². The number of hydrogen-bond donors (Lipinski definition) is 3. The van der Waals surface area contributed by atoms with E-state index >= 15 is 0 Å². The number of aryl methyl sites for hydroxylation is 1. The van der Waals surface area contributed by atoms with Crippen molar-refractivity contribution in [3.8, 4) is 5.75 Å². The van der Waals surface area contributed by atoms with E-state index in [0.717, 1.165) is 34.7 Å². The van der Waals surface area contributed by atoms with Gasteiger partial charge >= 0.3 is 6.03 Å². The third-order valence-corrected chi connectivity index (χ3v) is 4.93. The van der Waals surface area contributed by atoms with Crippen molar-refractivity contribution in [2.45, 2.75) is 24.9 Å². The lowest BCUT2D eigenvalue weighted by Crippen LogP contribution is -2.44. The Morgan fingerprint density at radius 3 is 3.04 bits per heavy atom. The number of nitrogens with one attached hydrogen (secondary N) is 2. The summed E-state index contributed by atoms with van der Waals surface area (Å²) in [5.74, 6) is 0.788. The van der Waals surface area contributed by atoms with Gasteiger partial charge in [-0.25, -0.2) is 4.79 Å². The molecule has 2 aromatic rings. The molecule has 3 N–H and O–H groups in total. The number of urea groups is 1. The molecule has 0 radical (unpaired) electrons. The molecule has 5 nitrogen and oxygen atoms in total. The van der Waals surface area contributed by atoms with Crippen LogP contribution in [0, 0.1) is 0 Å². The van der Waals surface area contributed by atoms with Crippen molar-refractivity contribution >= 4 is 22.4 Å². The average molecular weight is 332 g/mol. The molecule has 1 aliphatic rings. The van der Waals surface area contributed by atoms with Gasteiger partial charge in [-0.2, -0.15) is 0 Å². The Kier molecular flexibility index (Phi) is 4.54. The van der Waals surface area contributed by atoms with Gasteiger partial charge in [0.25, 0.3) is 0 Å².